The number of pyridine rings is 1. The minimum atomic E-state index is -2.01. The second-order valence-electron chi connectivity index (χ2n) is 15.7. The SMILES string of the molecule is CCC(C)(CC)C(=O)/C(C)=C(\O)C(C)(CC)CC.[C-]#[N+]c1cccc2c1-c1ccc3c(-c4[c-]c(C)cc5c4oc4ccccc45)nccc3c1[Si]2(C)C.[Ir]. The van der Waals surface area contributed by atoms with E-state index in [1.54, 1.807) is 6.92 Å². The summed E-state index contributed by atoms with van der Waals surface area (Å²) in [5.74, 6) is 0.378. The molecule has 0 atom stereocenters. The molecule has 1 aliphatic rings. The number of aromatic nitrogens is 1. The largest absolute Gasteiger partial charge is 0.511 e. The Labute approximate surface area is 335 Å². The summed E-state index contributed by atoms with van der Waals surface area (Å²) in [7, 11) is -2.01. The van der Waals surface area contributed by atoms with E-state index in [1.807, 2.05) is 64.2 Å². The molecule has 54 heavy (non-hydrogen) atoms. The number of Topliss-reactive ketones (excluding diaryl/α,β-unsaturated/α-hetero) is 1. The number of carbonyl (C=O) groups is 1. The van der Waals surface area contributed by atoms with Crippen molar-refractivity contribution in [2.24, 2.45) is 10.8 Å². The molecule has 4 aromatic carbocycles. The Hall–Kier alpha value is -4.34. The van der Waals surface area contributed by atoms with Crippen LogP contribution < -0.4 is 10.4 Å². The molecule has 3 heterocycles. The molecule has 0 spiro atoms. The van der Waals surface area contributed by atoms with Crippen LogP contribution in [0.5, 0.6) is 0 Å². The molecule has 7 heteroatoms. The molecule has 1 radical (unpaired) electrons. The summed E-state index contributed by atoms with van der Waals surface area (Å²) in [6, 6.07) is 26.6. The average molecular weight is 912 g/mol. The van der Waals surface area contributed by atoms with Crippen LogP contribution in [0.1, 0.15) is 79.7 Å². The number of hydrogen-bond acceptors (Lipinski definition) is 4. The standard InChI is InChI=1S/C31H21N2OSi.C16H30O2.Ir/c1-18-16-23-19-8-5-6-10-26(19)34-30(23)24(17-18)29-20-12-13-22-28-25(32-2)9-7-11-27(28)35(3,4)31(22)21(20)14-15-33-29;1-8-15(6,9-2)13(17)12(5)14(18)16(7,10-3)11-4;/h5-16H,1,3-4H3;17H,8-11H2,1-7H3;/q-1;;/b;13-12-;. The fraction of sp³-hybridized carbons (Fsp3) is 0.340. The molecule has 5 nitrogen and oxygen atoms in total. The van der Waals surface area contributed by atoms with Crippen molar-refractivity contribution in [3.8, 4) is 22.4 Å². The smallest absolute Gasteiger partial charge is 0.194 e. The Morgan fingerprint density at radius 2 is 1.56 bits per heavy atom. The summed E-state index contributed by atoms with van der Waals surface area (Å²) < 4.78 is 6.36. The van der Waals surface area contributed by atoms with E-state index in [9.17, 15) is 9.90 Å². The van der Waals surface area contributed by atoms with E-state index in [4.69, 9.17) is 16.0 Å². The van der Waals surface area contributed by atoms with Crippen molar-refractivity contribution in [3.63, 3.8) is 0 Å². The number of aliphatic hydroxyl groups is 1. The Morgan fingerprint density at radius 3 is 2.20 bits per heavy atom. The molecule has 0 bridgehead atoms. The summed E-state index contributed by atoms with van der Waals surface area (Å²) in [5.41, 5.74) is 7.55. The van der Waals surface area contributed by atoms with Crippen LogP contribution in [0.4, 0.5) is 5.69 Å². The summed E-state index contributed by atoms with van der Waals surface area (Å²) >= 11 is 0. The minimum Gasteiger partial charge on any atom is -0.511 e. The third-order valence-electron chi connectivity index (χ3n) is 12.4. The van der Waals surface area contributed by atoms with Gasteiger partial charge in [0.2, 0.25) is 0 Å². The van der Waals surface area contributed by atoms with Crippen LogP contribution in [0.15, 0.2) is 88.7 Å². The first kappa shape index (κ1) is 40.8. The number of para-hydroxylation sites is 1. The number of allylic oxidation sites excluding steroid dienone is 2. The van der Waals surface area contributed by atoms with Gasteiger partial charge < -0.3 is 14.5 Å². The summed E-state index contributed by atoms with van der Waals surface area (Å²) in [5, 5.41) is 17.7. The Balaban J connectivity index is 0.000000254. The summed E-state index contributed by atoms with van der Waals surface area (Å²) in [6.45, 7) is 28.6. The number of aliphatic hydroxyl groups excluding tert-OH is 1. The predicted octanol–water partition coefficient (Wildman–Crippen LogP) is 12.3. The molecule has 0 amide bonds. The van der Waals surface area contributed by atoms with Crippen LogP contribution in [0.2, 0.25) is 13.1 Å². The van der Waals surface area contributed by atoms with Gasteiger partial charge >= 0.3 is 0 Å². The molecular formula is C47H51IrN2O3Si-. The van der Waals surface area contributed by atoms with Crippen LogP contribution in [0.25, 0.3) is 59.9 Å². The number of fused-ring (bicyclic) bond motifs is 8. The van der Waals surface area contributed by atoms with E-state index >= 15 is 0 Å². The molecule has 1 aliphatic heterocycles. The van der Waals surface area contributed by atoms with Gasteiger partial charge in [-0.3, -0.25) is 4.79 Å². The van der Waals surface area contributed by atoms with Crippen LogP contribution in [-0.2, 0) is 24.9 Å². The van der Waals surface area contributed by atoms with Crippen LogP contribution in [0.3, 0.4) is 0 Å². The maximum Gasteiger partial charge on any atom is 0.194 e. The number of ketones is 1. The van der Waals surface area contributed by atoms with Crippen molar-refractivity contribution >= 4 is 62.6 Å². The third kappa shape index (κ3) is 6.57. The van der Waals surface area contributed by atoms with Crippen molar-refractivity contribution in [1.29, 1.82) is 0 Å². The van der Waals surface area contributed by atoms with Crippen molar-refractivity contribution < 1.29 is 34.4 Å². The van der Waals surface area contributed by atoms with E-state index in [2.05, 4.69) is 81.2 Å². The maximum atomic E-state index is 12.5. The molecule has 281 valence electrons. The number of aryl methyl sites for hydroxylation is 1. The zero-order valence-corrected chi connectivity index (χ0v) is 36.6. The van der Waals surface area contributed by atoms with Gasteiger partial charge in [0.1, 0.15) is 19.4 Å². The molecule has 6 aromatic rings. The van der Waals surface area contributed by atoms with Crippen LogP contribution in [-0.4, -0.2) is 23.9 Å². The van der Waals surface area contributed by atoms with Crippen molar-refractivity contribution in [1.82, 2.24) is 4.98 Å². The van der Waals surface area contributed by atoms with Crippen molar-refractivity contribution in [2.75, 3.05) is 0 Å². The average Bonchev–Trinajstić information content (AvgIpc) is 3.67. The van der Waals surface area contributed by atoms with Gasteiger partial charge in [-0.2, -0.15) is 0 Å². The van der Waals surface area contributed by atoms with Gasteiger partial charge in [-0.25, -0.2) is 4.85 Å². The van der Waals surface area contributed by atoms with Crippen LogP contribution in [0, 0.1) is 30.4 Å². The van der Waals surface area contributed by atoms with Gasteiger partial charge in [0.15, 0.2) is 11.5 Å². The van der Waals surface area contributed by atoms with Gasteiger partial charge in [-0.15, -0.1) is 17.7 Å². The first-order chi connectivity index (χ1) is 25.2. The second-order valence-corrected chi connectivity index (χ2v) is 20.0. The number of nitrogens with zero attached hydrogens (tertiary/aromatic N) is 2. The quantitative estimate of drug-likeness (QED) is 0.0715. The zero-order valence-electron chi connectivity index (χ0n) is 33.2. The van der Waals surface area contributed by atoms with Gasteiger partial charge in [0, 0.05) is 48.1 Å². The molecule has 0 aliphatic carbocycles. The van der Waals surface area contributed by atoms with Crippen LogP contribution >= 0.6 is 0 Å². The number of hydrogen-bond donors (Lipinski definition) is 1. The van der Waals surface area contributed by atoms with Gasteiger partial charge in [-0.05, 0) is 77.5 Å². The van der Waals surface area contributed by atoms with E-state index in [0.717, 1.165) is 81.1 Å². The minimum absolute atomic E-state index is 0. The number of rotatable bonds is 8. The monoisotopic (exact) mass is 912 g/mol. The number of carbonyl (C=O) groups excluding carboxylic acids is 1. The van der Waals surface area contributed by atoms with E-state index in [1.165, 1.54) is 21.3 Å². The molecule has 0 fully saturated rings. The van der Waals surface area contributed by atoms with E-state index in [0.29, 0.717) is 5.57 Å². The Morgan fingerprint density at radius 1 is 0.889 bits per heavy atom. The van der Waals surface area contributed by atoms with Gasteiger partial charge in [-0.1, -0.05) is 126 Å². The fourth-order valence-corrected chi connectivity index (χ4v) is 11.6. The third-order valence-corrected chi connectivity index (χ3v) is 15.9. The molecule has 1 N–H and O–H groups in total. The first-order valence-electron chi connectivity index (χ1n) is 18.9. The maximum absolute atomic E-state index is 12.5. The topological polar surface area (TPSA) is 67.7 Å². The summed E-state index contributed by atoms with van der Waals surface area (Å²) in [6.07, 6.45) is 5.21. The molecular weight excluding hydrogens is 861 g/mol. The zero-order chi connectivity index (χ0) is 38.5. The molecule has 2 aromatic heterocycles. The number of benzene rings is 4. The predicted molar refractivity (Wildman–Crippen MR) is 224 cm³/mol. The van der Waals surface area contributed by atoms with Crippen molar-refractivity contribution in [2.45, 2.75) is 94.2 Å². The van der Waals surface area contributed by atoms with E-state index < -0.39 is 8.07 Å². The second kappa shape index (κ2) is 15.4. The van der Waals surface area contributed by atoms with Gasteiger partial charge in [0.05, 0.1) is 12.2 Å². The number of furan rings is 1. The molecule has 0 unspecified atom stereocenters. The van der Waals surface area contributed by atoms with E-state index in [-0.39, 0.29) is 42.5 Å². The Bertz CT molecular complexity index is 2480. The summed E-state index contributed by atoms with van der Waals surface area (Å²) in [4.78, 5) is 21.3. The van der Waals surface area contributed by atoms with Crippen molar-refractivity contribution in [3.05, 3.63) is 107 Å². The molecule has 0 saturated heterocycles. The first-order valence-corrected chi connectivity index (χ1v) is 21.9. The molecule has 7 rings (SSSR count). The fourth-order valence-electron chi connectivity index (χ4n) is 8.14. The molecule has 0 saturated carbocycles. The normalized spacial score (nSPS) is 13.7. The Kier molecular flexibility index (Phi) is 11.7. The van der Waals surface area contributed by atoms with Gasteiger partial charge in [0.25, 0.3) is 0 Å².